The molecule has 2 atom stereocenters. The first-order chi connectivity index (χ1) is 13.1. The van der Waals surface area contributed by atoms with Gasteiger partial charge in [0.05, 0.1) is 5.92 Å². The van der Waals surface area contributed by atoms with Crippen LogP contribution in [0, 0.1) is 23.1 Å². The van der Waals surface area contributed by atoms with E-state index in [1.54, 1.807) is 6.92 Å². The van der Waals surface area contributed by atoms with Crippen molar-refractivity contribution in [2.45, 2.75) is 27.2 Å². The summed E-state index contributed by atoms with van der Waals surface area (Å²) in [7, 11) is 0. The van der Waals surface area contributed by atoms with Gasteiger partial charge in [0, 0.05) is 23.1 Å². The number of benzene rings is 1. The van der Waals surface area contributed by atoms with Gasteiger partial charge in [0.25, 0.3) is 5.91 Å². The van der Waals surface area contributed by atoms with Gasteiger partial charge in [0.1, 0.15) is 5.82 Å². The van der Waals surface area contributed by atoms with Crippen LogP contribution in [0.15, 0.2) is 47.6 Å². The van der Waals surface area contributed by atoms with Crippen molar-refractivity contribution >= 4 is 17.8 Å². The predicted molar refractivity (Wildman–Crippen MR) is 101 cm³/mol. The van der Waals surface area contributed by atoms with Crippen LogP contribution in [0.3, 0.4) is 0 Å². The maximum absolute atomic E-state index is 13.1. The average molecular weight is 389 g/mol. The van der Waals surface area contributed by atoms with Gasteiger partial charge in [-0.2, -0.15) is 0 Å². The van der Waals surface area contributed by atoms with Crippen LogP contribution in [0.1, 0.15) is 37.6 Å². The number of aliphatic carboxylic acids is 2. The summed E-state index contributed by atoms with van der Waals surface area (Å²) in [5.41, 5.74) is -0.644. The van der Waals surface area contributed by atoms with Crippen molar-refractivity contribution in [2.24, 2.45) is 17.3 Å². The van der Waals surface area contributed by atoms with Crippen molar-refractivity contribution < 1.29 is 29.0 Å². The molecule has 0 aliphatic heterocycles. The average Bonchev–Trinajstić information content (AvgIpc) is 2.59. The number of halogens is 1. The number of rotatable bonds is 7. The van der Waals surface area contributed by atoms with Crippen molar-refractivity contribution in [3.05, 3.63) is 58.9 Å². The van der Waals surface area contributed by atoms with Crippen LogP contribution in [0.25, 0.3) is 0 Å². The minimum Gasteiger partial charge on any atom is -0.481 e. The normalized spacial score (nSPS) is 21.7. The van der Waals surface area contributed by atoms with E-state index in [2.05, 4.69) is 5.32 Å². The first kappa shape index (κ1) is 21.3. The summed E-state index contributed by atoms with van der Waals surface area (Å²) in [5.74, 6) is -4.48. The highest BCUT2D eigenvalue weighted by Gasteiger charge is 2.50. The molecule has 1 aliphatic rings. The molecule has 2 unspecified atom stereocenters. The molecule has 0 bridgehead atoms. The molecule has 28 heavy (non-hydrogen) atoms. The van der Waals surface area contributed by atoms with Crippen LogP contribution < -0.4 is 5.32 Å². The third kappa shape index (κ3) is 4.30. The summed E-state index contributed by atoms with van der Waals surface area (Å²) in [6.07, 6.45) is 3.25. The molecule has 0 saturated carbocycles. The summed E-state index contributed by atoms with van der Waals surface area (Å²) >= 11 is 0. The van der Waals surface area contributed by atoms with Crippen LogP contribution in [-0.4, -0.2) is 34.6 Å². The Hall–Kier alpha value is -2.96. The van der Waals surface area contributed by atoms with E-state index >= 15 is 0 Å². The van der Waals surface area contributed by atoms with E-state index < -0.39 is 35.0 Å². The van der Waals surface area contributed by atoms with Gasteiger partial charge in [-0.3, -0.25) is 9.59 Å². The molecule has 0 spiro atoms. The Morgan fingerprint density at radius 1 is 1.18 bits per heavy atom. The molecule has 2 rings (SSSR count). The Balaban J connectivity index is 2.45. The maximum atomic E-state index is 13.1. The largest absolute Gasteiger partial charge is 0.481 e. The second-order valence-electron chi connectivity index (χ2n) is 7.48. The first-order valence-electron chi connectivity index (χ1n) is 8.98. The van der Waals surface area contributed by atoms with Gasteiger partial charge in [-0.25, -0.2) is 9.18 Å². The Labute approximate surface area is 162 Å². The molecule has 0 radical (unpaired) electrons. The molecular formula is C21H24FNO5. The number of hydrogen-bond acceptors (Lipinski definition) is 3. The number of allylic oxidation sites excluding steroid dienone is 2. The molecule has 1 amide bonds. The number of carbonyl (C=O) groups is 3. The lowest BCUT2D eigenvalue weighted by atomic mass is 9.62. The minimum atomic E-state index is -1.31. The third-order valence-corrected chi connectivity index (χ3v) is 4.95. The lowest BCUT2D eigenvalue weighted by Crippen LogP contribution is -2.49. The smallest absolute Gasteiger partial charge is 0.332 e. The number of hydrogen-bond donors (Lipinski definition) is 3. The lowest BCUT2D eigenvalue weighted by Gasteiger charge is -2.42. The van der Waals surface area contributed by atoms with E-state index in [4.69, 9.17) is 0 Å². The second-order valence-corrected chi connectivity index (χ2v) is 7.48. The zero-order chi connectivity index (χ0) is 21.1. The number of nitrogens with one attached hydrogen (secondary N) is 1. The summed E-state index contributed by atoms with van der Waals surface area (Å²) < 4.78 is 13.1. The van der Waals surface area contributed by atoms with Gasteiger partial charge >= 0.3 is 11.9 Å². The lowest BCUT2D eigenvalue weighted by molar-refractivity contribution is -0.144. The molecule has 0 saturated heterocycles. The zero-order valence-corrected chi connectivity index (χ0v) is 16.0. The van der Waals surface area contributed by atoms with Gasteiger partial charge in [0.15, 0.2) is 0 Å². The predicted octanol–water partition coefficient (Wildman–Crippen LogP) is 3.26. The number of amides is 1. The fourth-order valence-electron chi connectivity index (χ4n) is 3.93. The Morgan fingerprint density at radius 3 is 2.29 bits per heavy atom. The fourth-order valence-corrected chi connectivity index (χ4v) is 3.93. The number of carbonyl (C=O) groups excluding carboxylic acids is 1. The Bertz CT molecular complexity index is 841. The quantitative estimate of drug-likeness (QED) is 0.664. The standard InChI is InChI=1S/C21H24FNO5/c1-12(2)10-21(11-23-18(24)14-5-7-15(22)8-6-14)16(19(25)26)9-4-13(3)17(21)20(27)28/h4-9,12,16H,10-11H2,1-3H3,(H,23,24)(H,25,26)(H,27,28). The molecule has 0 fully saturated rings. The number of carboxylic acids is 2. The van der Waals surface area contributed by atoms with Crippen molar-refractivity contribution in [3.63, 3.8) is 0 Å². The summed E-state index contributed by atoms with van der Waals surface area (Å²) in [6, 6.07) is 4.92. The van der Waals surface area contributed by atoms with E-state index in [1.807, 2.05) is 13.8 Å². The van der Waals surface area contributed by atoms with Crippen molar-refractivity contribution in [3.8, 4) is 0 Å². The van der Waals surface area contributed by atoms with Gasteiger partial charge in [-0.05, 0) is 49.1 Å². The van der Waals surface area contributed by atoms with Crippen LogP contribution in [0.5, 0.6) is 0 Å². The van der Waals surface area contributed by atoms with E-state index in [0.29, 0.717) is 5.57 Å². The topological polar surface area (TPSA) is 104 Å². The van der Waals surface area contributed by atoms with Crippen molar-refractivity contribution in [1.29, 1.82) is 0 Å². The van der Waals surface area contributed by atoms with Gasteiger partial charge < -0.3 is 15.5 Å². The van der Waals surface area contributed by atoms with Crippen molar-refractivity contribution in [2.75, 3.05) is 6.54 Å². The molecule has 0 heterocycles. The molecule has 1 aromatic rings. The molecule has 1 aromatic carbocycles. The highest BCUT2D eigenvalue weighted by Crippen LogP contribution is 2.46. The zero-order valence-electron chi connectivity index (χ0n) is 16.0. The molecule has 6 nitrogen and oxygen atoms in total. The second kappa shape index (κ2) is 8.37. The summed E-state index contributed by atoms with van der Waals surface area (Å²) in [5, 5.41) is 22.3. The molecule has 7 heteroatoms. The summed E-state index contributed by atoms with van der Waals surface area (Å²) in [4.78, 5) is 36.5. The molecule has 3 N–H and O–H groups in total. The maximum Gasteiger partial charge on any atom is 0.332 e. The Kier molecular flexibility index (Phi) is 6.38. The fraction of sp³-hybridized carbons (Fsp3) is 0.381. The summed E-state index contributed by atoms with van der Waals surface area (Å²) in [6.45, 7) is 5.20. The SMILES string of the molecule is CC1=C(C(=O)O)C(CNC(=O)c2ccc(F)cc2)(CC(C)C)C(C(=O)O)C=C1. The van der Waals surface area contributed by atoms with Crippen LogP contribution in [0.4, 0.5) is 4.39 Å². The van der Waals surface area contributed by atoms with Gasteiger partial charge in [-0.1, -0.05) is 26.0 Å². The molecular weight excluding hydrogens is 365 g/mol. The third-order valence-electron chi connectivity index (χ3n) is 4.95. The molecule has 150 valence electrons. The van der Waals surface area contributed by atoms with E-state index in [0.717, 1.165) is 12.1 Å². The first-order valence-corrected chi connectivity index (χ1v) is 8.98. The van der Waals surface area contributed by atoms with E-state index in [-0.39, 0.29) is 30.0 Å². The van der Waals surface area contributed by atoms with Gasteiger partial charge in [0.2, 0.25) is 0 Å². The van der Waals surface area contributed by atoms with Crippen LogP contribution in [-0.2, 0) is 9.59 Å². The van der Waals surface area contributed by atoms with E-state index in [1.165, 1.54) is 24.3 Å². The van der Waals surface area contributed by atoms with E-state index in [9.17, 15) is 29.0 Å². The minimum absolute atomic E-state index is 0.00416. The Morgan fingerprint density at radius 2 is 1.79 bits per heavy atom. The monoisotopic (exact) mass is 389 g/mol. The molecule has 1 aliphatic carbocycles. The van der Waals surface area contributed by atoms with Crippen molar-refractivity contribution in [1.82, 2.24) is 5.32 Å². The number of carboxylic acid groups (broad SMARTS) is 2. The van der Waals surface area contributed by atoms with Crippen LogP contribution >= 0.6 is 0 Å². The van der Waals surface area contributed by atoms with Crippen LogP contribution in [0.2, 0.25) is 0 Å². The molecule has 0 aromatic heterocycles. The highest BCUT2D eigenvalue weighted by atomic mass is 19.1. The highest BCUT2D eigenvalue weighted by molar-refractivity contribution is 5.95. The van der Waals surface area contributed by atoms with Gasteiger partial charge in [-0.15, -0.1) is 0 Å².